The predicted octanol–water partition coefficient (Wildman–Crippen LogP) is 1.20. The highest BCUT2D eigenvalue weighted by molar-refractivity contribution is 7.95. The molecule has 6 heteroatoms. The molecule has 2 aliphatic heterocycles. The summed E-state index contributed by atoms with van der Waals surface area (Å²) in [6.07, 6.45) is 2.83. The highest BCUT2D eigenvalue weighted by Gasteiger charge is 2.27. The summed E-state index contributed by atoms with van der Waals surface area (Å²) in [4.78, 5) is 0.348. The Hall–Kier alpha value is -1.40. The van der Waals surface area contributed by atoms with Crippen LogP contribution in [-0.2, 0) is 19.7 Å². The average Bonchev–Trinajstić information content (AvgIpc) is 2.66. The first-order valence-electron chi connectivity index (χ1n) is 4.45. The molecule has 3 rings (SSSR count). The first-order valence-corrected chi connectivity index (χ1v) is 7.54. The molecule has 1 aromatic rings. The third-order valence-electron chi connectivity index (χ3n) is 2.61. The lowest BCUT2D eigenvalue weighted by molar-refractivity contribution is 0.602. The van der Waals surface area contributed by atoms with Gasteiger partial charge in [-0.05, 0) is 35.4 Å². The first kappa shape index (κ1) is 9.80. The maximum absolute atomic E-state index is 11.6. The summed E-state index contributed by atoms with van der Waals surface area (Å²) in [6.45, 7) is 0. The van der Waals surface area contributed by atoms with Crippen molar-refractivity contribution in [2.24, 2.45) is 0 Å². The van der Waals surface area contributed by atoms with Gasteiger partial charge in [-0.25, -0.2) is 16.8 Å². The van der Waals surface area contributed by atoms with Crippen LogP contribution in [0, 0.1) is 0 Å². The monoisotopic (exact) mass is 254 g/mol. The van der Waals surface area contributed by atoms with Crippen LogP contribution in [0.5, 0.6) is 0 Å². The molecule has 0 bridgehead atoms. The number of fused-ring (bicyclic) bond motifs is 2. The summed E-state index contributed by atoms with van der Waals surface area (Å²) in [7, 11) is -6.75. The average molecular weight is 254 g/mol. The molecule has 0 amide bonds. The molecule has 0 fully saturated rings. The zero-order chi connectivity index (χ0) is 11.6. The molecule has 16 heavy (non-hydrogen) atoms. The Balaban J connectivity index is 2.42. The topological polar surface area (TPSA) is 68.3 Å². The van der Waals surface area contributed by atoms with Gasteiger partial charge in [0.15, 0.2) is 19.7 Å². The third-order valence-corrected chi connectivity index (χ3v) is 5.53. The second-order valence-corrected chi connectivity index (χ2v) is 7.23. The van der Waals surface area contributed by atoms with Crippen molar-refractivity contribution in [3.8, 4) is 0 Å². The third kappa shape index (κ3) is 1.14. The summed E-state index contributed by atoms with van der Waals surface area (Å²) in [5.41, 5.74) is 0.872. The van der Waals surface area contributed by atoms with Gasteiger partial charge in [-0.2, -0.15) is 0 Å². The molecule has 2 aliphatic rings. The zero-order valence-electron chi connectivity index (χ0n) is 7.91. The highest BCUT2D eigenvalue weighted by atomic mass is 32.2. The molecule has 0 aliphatic carbocycles. The quantitative estimate of drug-likeness (QED) is 0.697. The maximum atomic E-state index is 11.6. The summed E-state index contributed by atoms with van der Waals surface area (Å²) < 4.78 is 46.2. The van der Waals surface area contributed by atoms with Gasteiger partial charge in [-0.3, -0.25) is 0 Å². The standard InChI is InChI=1S/C10H6O4S2/c11-15(12)3-1-7-5-10-8(6-9(7)15)2-4-16(10,13)14/h1-6H. The normalized spacial score (nSPS) is 22.0. The number of hydrogen-bond donors (Lipinski definition) is 0. The van der Waals surface area contributed by atoms with E-state index in [0.717, 1.165) is 10.8 Å². The van der Waals surface area contributed by atoms with E-state index in [-0.39, 0.29) is 9.79 Å². The van der Waals surface area contributed by atoms with Gasteiger partial charge in [0, 0.05) is 10.8 Å². The molecule has 82 valence electrons. The van der Waals surface area contributed by atoms with E-state index in [2.05, 4.69) is 0 Å². The van der Waals surface area contributed by atoms with Crippen molar-refractivity contribution < 1.29 is 16.8 Å². The molecule has 0 saturated heterocycles. The number of sulfone groups is 2. The van der Waals surface area contributed by atoms with E-state index in [0.29, 0.717) is 11.1 Å². The van der Waals surface area contributed by atoms with Gasteiger partial charge in [0.05, 0.1) is 9.79 Å². The molecule has 2 heterocycles. The lowest BCUT2D eigenvalue weighted by atomic mass is 10.1. The van der Waals surface area contributed by atoms with Crippen LogP contribution in [0.1, 0.15) is 11.1 Å². The summed E-state index contributed by atoms with van der Waals surface area (Å²) >= 11 is 0. The second-order valence-electron chi connectivity index (χ2n) is 3.62. The molecule has 0 aromatic heterocycles. The van der Waals surface area contributed by atoms with Gasteiger partial charge in [-0.1, -0.05) is 0 Å². The van der Waals surface area contributed by atoms with E-state index in [9.17, 15) is 16.8 Å². The van der Waals surface area contributed by atoms with Crippen LogP contribution < -0.4 is 0 Å². The molecule has 1 aromatic carbocycles. The van der Waals surface area contributed by atoms with Crippen molar-refractivity contribution in [1.29, 1.82) is 0 Å². The van der Waals surface area contributed by atoms with Gasteiger partial charge in [0.2, 0.25) is 0 Å². The number of hydrogen-bond acceptors (Lipinski definition) is 4. The Kier molecular flexibility index (Phi) is 1.62. The Morgan fingerprint density at radius 3 is 1.44 bits per heavy atom. The molecule has 4 nitrogen and oxygen atoms in total. The Morgan fingerprint density at radius 1 is 0.688 bits per heavy atom. The zero-order valence-corrected chi connectivity index (χ0v) is 9.55. The van der Waals surface area contributed by atoms with Gasteiger partial charge < -0.3 is 0 Å². The molecule has 0 spiro atoms. The Labute approximate surface area is 92.8 Å². The fraction of sp³-hybridized carbons (Fsp3) is 0. The van der Waals surface area contributed by atoms with Gasteiger partial charge in [-0.15, -0.1) is 0 Å². The smallest absolute Gasteiger partial charge is 0.200 e. The van der Waals surface area contributed by atoms with Gasteiger partial charge in [0.1, 0.15) is 0 Å². The summed E-state index contributed by atoms with van der Waals surface area (Å²) in [5, 5.41) is 2.17. The molecule has 0 N–H and O–H groups in total. The van der Waals surface area contributed by atoms with Crippen LogP contribution in [-0.4, -0.2) is 16.8 Å². The van der Waals surface area contributed by atoms with E-state index in [1.807, 2.05) is 0 Å². The Morgan fingerprint density at radius 2 is 1.06 bits per heavy atom. The van der Waals surface area contributed by atoms with Crippen LogP contribution in [0.3, 0.4) is 0 Å². The van der Waals surface area contributed by atoms with Crippen LogP contribution in [0.2, 0.25) is 0 Å². The highest BCUT2D eigenvalue weighted by Crippen LogP contribution is 2.35. The number of rotatable bonds is 0. The Bertz CT molecular complexity index is 698. The molecular weight excluding hydrogens is 248 g/mol. The summed E-state index contributed by atoms with van der Waals surface area (Å²) in [6, 6.07) is 2.81. The van der Waals surface area contributed by atoms with Crippen LogP contribution >= 0.6 is 0 Å². The molecular formula is C10H6O4S2. The van der Waals surface area contributed by atoms with E-state index in [1.54, 1.807) is 0 Å². The lowest BCUT2D eigenvalue weighted by Gasteiger charge is -2.03. The second kappa shape index (κ2) is 2.64. The minimum Gasteiger partial charge on any atom is -0.219 e. The molecule has 0 radical (unpaired) electrons. The van der Waals surface area contributed by atoms with Crippen molar-refractivity contribution >= 4 is 31.8 Å². The minimum atomic E-state index is -3.37. The van der Waals surface area contributed by atoms with Crippen molar-refractivity contribution in [3.05, 3.63) is 34.1 Å². The van der Waals surface area contributed by atoms with E-state index >= 15 is 0 Å². The van der Waals surface area contributed by atoms with Crippen LogP contribution in [0.15, 0.2) is 32.7 Å². The van der Waals surface area contributed by atoms with Crippen molar-refractivity contribution in [3.63, 3.8) is 0 Å². The van der Waals surface area contributed by atoms with Crippen molar-refractivity contribution in [1.82, 2.24) is 0 Å². The molecule has 0 unspecified atom stereocenters. The fourth-order valence-electron chi connectivity index (χ4n) is 1.82. The number of benzene rings is 1. The van der Waals surface area contributed by atoms with Gasteiger partial charge in [0.25, 0.3) is 0 Å². The maximum Gasteiger partial charge on any atom is 0.200 e. The van der Waals surface area contributed by atoms with E-state index in [1.165, 1.54) is 24.3 Å². The van der Waals surface area contributed by atoms with E-state index < -0.39 is 19.7 Å². The largest absolute Gasteiger partial charge is 0.219 e. The van der Waals surface area contributed by atoms with E-state index in [4.69, 9.17) is 0 Å². The van der Waals surface area contributed by atoms with Crippen LogP contribution in [0.25, 0.3) is 12.2 Å². The SMILES string of the molecule is O=S1(=O)C=Cc2cc3c(cc21)C=CS3(=O)=O. The van der Waals surface area contributed by atoms with Gasteiger partial charge >= 0.3 is 0 Å². The summed E-state index contributed by atoms with van der Waals surface area (Å²) in [5.74, 6) is 0. The fourth-order valence-corrected chi connectivity index (χ4v) is 4.26. The first-order chi connectivity index (χ1) is 7.40. The minimum absolute atomic E-state index is 0.174. The van der Waals surface area contributed by atoms with Crippen molar-refractivity contribution in [2.75, 3.05) is 0 Å². The van der Waals surface area contributed by atoms with Crippen molar-refractivity contribution in [2.45, 2.75) is 9.79 Å². The predicted molar refractivity (Wildman–Crippen MR) is 58.9 cm³/mol. The molecule has 0 saturated carbocycles. The molecule has 0 atom stereocenters. The lowest BCUT2D eigenvalue weighted by Crippen LogP contribution is -1.98. The van der Waals surface area contributed by atoms with Crippen LogP contribution in [0.4, 0.5) is 0 Å².